The minimum absolute atomic E-state index is 0.439. The zero-order valence-corrected chi connectivity index (χ0v) is 12.1. The molecule has 5 heteroatoms. The van der Waals surface area contributed by atoms with Crippen LogP contribution in [0.2, 0.25) is 0 Å². The fourth-order valence-electron chi connectivity index (χ4n) is 2.43. The van der Waals surface area contributed by atoms with Crippen LogP contribution in [0, 0.1) is 0 Å². The third-order valence-corrected chi connectivity index (χ3v) is 3.70. The Labute approximate surface area is 115 Å². The Morgan fingerprint density at radius 2 is 2.32 bits per heavy atom. The van der Waals surface area contributed by atoms with Crippen LogP contribution in [0.1, 0.15) is 26.7 Å². The Morgan fingerprint density at radius 3 is 3.00 bits per heavy atom. The lowest BCUT2D eigenvalue weighted by molar-refractivity contribution is 0.0876. The highest BCUT2D eigenvalue weighted by molar-refractivity contribution is 5.39. The molecule has 0 spiro atoms. The molecule has 1 atom stereocenters. The quantitative estimate of drug-likeness (QED) is 0.817. The van der Waals surface area contributed by atoms with Crippen LogP contribution < -0.4 is 5.32 Å². The van der Waals surface area contributed by atoms with Gasteiger partial charge in [-0.25, -0.2) is 0 Å². The molecule has 0 aromatic carbocycles. The molecule has 1 N–H and O–H groups in total. The van der Waals surface area contributed by atoms with Gasteiger partial charge in [-0.05, 0) is 25.9 Å². The van der Waals surface area contributed by atoms with E-state index in [1.54, 1.807) is 0 Å². The lowest BCUT2D eigenvalue weighted by atomic mass is 10.1. The molecule has 0 radical (unpaired) electrons. The number of anilines is 1. The molecule has 108 valence electrons. The maximum absolute atomic E-state index is 5.47. The van der Waals surface area contributed by atoms with E-state index in [4.69, 9.17) is 4.74 Å². The lowest BCUT2D eigenvalue weighted by Gasteiger charge is -2.23. The number of rotatable bonds is 7. The van der Waals surface area contributed by atoms with E-state index in [0.717, 1.165) is 51.5 Å². The van der Waals surface area contributed by atoms with Crippen LogP contribution in [0.5, 0.6) is 0 Å². The number of aromatic nitrogens is 2. The summed E-state index contributed by atoms with van der Waals surface area (Å²) in [4.78, 5) is 2.41. The first-order chi connectivity index (χ1) is 9.31. The van der Waals surface area contributed by atoms with E-state index in [1.165, 1.54) is 6.42 Å². The largest absolute Gasteiger partial charge is 0.379 e. The van der Waals surface area contributed by atoms with Gasteiger partial charge in [-0.2, -0.15) is 5.10 Å². The maximum atomic E-state index is 5.47. The minimum atomic E-state index is 0.439. The molecule has 1 unspecified atom stereocenters. The van der Waals surface area contributed by atoms with E-state index in [1.807, 2.05) is 10.9 Å². The summed E-state index contributed by atoms with van der Waals surface area (Å²) in [6.07, 6.45) is 6.34. The van der Waals surface area contributed by atoms with Gasteiger partial charge in [0.25, 0.3) is 0 Å². The Morgan fingerprint density at radius 1 is 1.47 bits per heavy atom. The van der Waals surface area contributed by atoms with Gasteiger partial charge in [0, 0.05) is 25.4 Å². The van der Waals surface area contributed by atoms with Crippen LogP contribution in [-0.2, 0) is 11.3 Å². The molecule has 19 heavy (non-hydrogen) atoms. The smallest absolute Gasteiger partial charge is 0.0729 e. The van der Waals surface area contributed by atoms with Crippen LogP contribution in [0.25, 0.3) is 0 Å². The van der Waals surface area contributed by atoms with E-state index in [9.17, 15) is 0 Å². The molecule has 1 aromatic heterocycles. The van der Waals surface area contributed by atoms with Crippen molar-refractivity contribution in [3.63, 3.8) is 0 Å². The molecule has 0 amide bonds. The van der Waals surface area contributed by atoms with Crippen LogP contribution in [0.3, 0.4) is 0 Å². The van der Waals surface area contributed by atoms with Gasteiger partial charge in [0.15, 0.2) is 0 Å². The van der Waals surface area contributed by atoms with Crippen molar-refractivity contribution in [2.45, 2.75) is 39.3 Å². The molecule has 1 saturated heterocycles. The standard InChI is InChI=1S/C14H26N4O/c1-3-17(4-2)7-8-18-11-14(10-15-18)16-13-6-5-9-19-12-13/h10-11,13,16H,3-9,12H2,1-2H3. The van der Waals surface area contributed by atoms with Crippen LogP contribution in [-0.4, -0.2) is 53.6 Å². The average Bonchev–Trinajstić information content (AvgIpc) is 2.89. The van der Waals surface area contributed by atoms with E-state index >= 15 is 0 Å². The Hall–Kier alpha value is -1.07. The van der Waals surface area contributed by atoms with Crippen LogP contribution >= 0.6 is 0 Å². The molecule has 2 heterocycles. The third-order valence-electron chi connectivity index (χ3n) is 3.70. The number of nitrogens with one attached hydrogen (secondary N) is 1. The Balaban J connectivity index is 1.77. The monoisotopic (exact) mass is 266 g/mol. The predicted octanol–water partition coefficient (Wildman–Crippen LogP) is 1.82. The molecule has 2 rings (SSSR count). The van der Waals surface area contributed by atoms with E-state index in [2.05, 4.69) is 35.4 Å². The summed E-state index contributed by atoms with van der Waals surface area (Å²) in [5.74, 6) is 0. The SMILES string of the molecule is CCN(CC)CCn1cc(NC2CCCOC2)cn1. The molecule has 1 aliphatic heterocycles. The normalized spacial score (nSPS) is 19.8. The summed E-state index contributed by atoms with van der Waals surface area (Å²) in [5.41, 5.74) is 1.11. The first-order valence-corrected chi connectivity index (χ1v) is 7.41. The van der Waals surface area contributed by atoms with Crippen molar-refractivity contribution in [3.8, 4) is 0 Å². The van der Waals surface area contributed by atoms with Crippen LogP contribution in [0.4, 0.5) is 5.69 Å². The molecule has 0 saturated carbocycles. The van der Waals surface area contributed by atoms with Gasteiger partial charge in [-0.1, -0.05) is 13.8 Å². The summed E-state index contributed by atoms with van der Waals surface area (Å²) in [5, 5.41) is 7.90. The van der Waals surface area contributed by atoms with Gasteiger partial charge < -0.3 is 15.0 Å². The average molecular weight is 266 g/mol. The van der Waals surface area contributed by atoms with Crippen molar-refractivity contribution in [2.24, 2.45) is 0 Å². The number of hydrogen-bond donors (Lipinski definition) is 1. The highest BCUT2D eigenvalue weighted by Gasteiger charge is 2.14. The van der Waals surface area contributed by atoms with Crippen molar-refractivity contribution >= 4 is 5.69 Å². The Kier molecular flexibility index (Phi) is 5.66. The number of hydrogen-bond acceptors (Lipinski definition) is 4. The van der Waals surface area contributed by atoms with Crippen LogP contribution in [0.15, 0.2) is 12.4 Å². The fraction of sp³-hybridized carbons (Fsp3) is 0.786. The number of ether oxygens (including phenoxy) is 1. The first-order valence-electron chi connectivity index (χ1n) is 7.41. The van der Waals surface area contributed by atoms with Crippen molar-refractivity contribution in [1.82, 2.24) is 14.7 Å². The zero-order chi connectivity index (χ0) is 13.5. The first kappa shape index (κ1) is 14.3. The van der Waals surface area contributed by atoms with Gasteiger partial charge in [0.1, 0.15) is 0 Å². The summed E-state index contributed by atoms with van der Waals surface area (Å²) in [7, 11) is 0. The van der Waals surface area contributed by atoms with Gasteiger partial charge in [-0.3, -0.25) is 4.68 Å². The summed E-state index contributed by atoms with van der Waals surface area (Å²) in [6.45, 7) is 10.3. The highest BCUT2D eigenvalue weighted by atomic mass is 16.5. The summed E-state index contributed by atoms with van der Waals surface area (Å²) in [6, 6.07) is 0.439. The minimum Gasteiger partial charge on any atom is -0.379 e. The lowest BCUT2D eigenvalue weighted by Crippen LogP contribution is -2.29. The molecule has 1 fully saturated rings. The fourth-order valence-corrected chi connectivity index (χ4v) is 2.43. The third kappa shape index (κ3) is 4.51. The summed E-state index contributed by atoms with van der Waals surface area (Å²) < 4.78 is 7.49. The van der Waals surface area contributed by atoms with Crippen molar-refractivity contribution in [1.29, 1.82) is 0 Å². The van der Waals surface area contributed by atoms with E-state index in [-0.39, 0.29) is 0 Å². The van der Waals surface area contributed by atoms with Crippen molar-refractivity contribution < 1.29 is 4.74 Å². The highest BCUT2D eigenvalue weighted by Crippen LogP contribution is 2.13. The second kappa shape index (κ2) is 7.50. The molecule has 5 nitrogen and oxygen atoms in total. The topological polar surface area (TPSA) is 42.3 Å². The van der Waals surface area contributed by atoms with Gasteiger partial charge in [0.2, 0.25) is 0 Å². The zero-order valence-electron chi connectivity index (χ0n) is 12.1. The molecular formula is C14H26N4O. The predicted molar refractivity (Wildman–Crippen MR) is 77.5 cm³/mol. The molecule has 0 bridgehead atoms. The van der Waals surface area contributed by atoms with Gasteiger partial charge in [-0.15, -0.1) is 0 Å². The molecule has 1 aromatic rings. The molecular weight excluding hydrogens is 240 g/mol. The molecule has 0 aliphatic carbocycles. The summed E-state index contributed by atoms with van der Waals surface area (Å²) >= 11 is 0. The number of nitrogens with zero attached hydrogens (tertiary/aromatic N) is 3. The van der Waals surface area contributed by atoms with Gasteiger partial charge in [0.05, 0.1) is 25.0 Å². The van der Waals surface area contributed by atoms with E-state index < -0.39 is 0 Å². The molecule has 1 aliphatic rings. The second-order valence-corrected chi connectivity index (χ2v) is 5.08. The second-order valence-electron chi connectivity index (χ2n) is 5.08. The van der Waals surface area contributed by atoms with Crippen molar-refractivity contribution in [3.05, 3.63) is 12.4 Å². The van der Waals surface area contributed by atoms with E-state index in [0.29, 0.717) is 6.04 Å². The van der Waals surface area contributed by atoms with Crippen molar-refractivity contribution in [2.75, 3.05) is 38.2 Å². The Bertz CT molecular complexity index is 356. The van der Waals surface area contributed by atoms with Gasteiger partial charge >= 0.3 is 0 Å². The maximum Gasteiger partial charge on any atom is 0.0729 e. The number of likely N-dealkylation sites (N-methyl/N-ethyl adjacent to an activating group) is 1.